The Balaban J connectivity index is 1.24. The highest BCUT2D eigenvalue weighted by Gasteiger charge is 2.29. The maximum Gasteiger partial charge on any atom is 0.130 e. The van der Waals surface area contributed by atoms with E-state index in [1.54, 1.807) is 13.1 Å². The van der Waals surface area contributed by atoms with Crippen molar-refractivity contribution in [3.63, 3.8) is 0 Å². The molecular weight excluding hydrogens is 476 g/mol. The number of Topliss-reactive ketones (excluding diaryl/α,β-unsaturated/α-hetero) is 1. The molecule has 0 unspecified atom stereocenters. The molecule has 3 aromatic rings. The van der Waals surface area contributed by atoms with E-state index in [2.05, 4.69) is 44.9 Å². The second-order valence-electron chi connectivity index (χ2n) is 10.8. The van der Waals surface area contributed by atoms with Crippen molar-refractivity contribution < 1.29 is 9.53 Å². The van der Waals surface area contributed by atoms with Crippen LogP contribution in [0.1, 0.15) is 63.0 Å². The number of rotatable bonds is 7. The summed E-state index contributed by atoms with van der Waals surface area (Å²) >= 11 is 0. The average molecular weight is 509 g/mol. The zero-order valence-corrected chi connectivity index (χ0v) is 21.7. The summed E-state index contributed by atoms with van der Waals surface area (Å²) in [7, 11) is 0. The van der Waals surface area contributed by atoms with Crippen molar-refractivity contribution in [1.82, 2.24) is 9.61 Å². The van der Waals surface area contributed by atoms with Gasteiger partial charge in [-0.25, -0.2) is 4.52 Å². The van der Waals surface area contributed by atoms with Gasteiger partial charge in [0, 0.05) is 42.0 Å². The molecule has 0 bridgehead atoms. The van der Waals surface area contributed by atoms with Crippen LogP contribution in [0.3, 0.4) is 0 Å². The summed E-state index contributed by atoms with van der Waals surface area (Å²) in [5, 5.41) is 26.7. The van der Waals surface area contributed by atoms with Gasteiger partial charge in [0.25, 0.3) is 0 Å². The summed E-state index contributed by atoms with van der Waals surface area (Å²) in [5.41, 5.74) is 7.71. The minimum absolute atomic E-state index is 0.253. The van der Waals surface area contributed by atoms with Crippen LogP contribution in [0, 0.1) is 23.2 Å². The third-order valence-corrected chi connectivity index (χ3v) is 8.09. The summed E-state index contributed by atoms with van der Waals surface area (Å²) in [6.07, 6.45) is 8.40. The summed E-state index contributed by atoms with van der Waals surface area (Å²) < 4.78 is 7.50. The van der Waals surface area contributed by atoms with Crippen LogP contribution < -0.4 is 5.32 Å². The molecule has 6 rings (SSSR count). The first-order chi connectivity index (χ1) is 18.6. The average Bonchev–Trinajstić information content (AvgIpc) is 3.70. The molecule has 0 spiro atoms. The van der Waals surface area contributed by atoms with Crippen molar-refractivity contribution >= 4 is 28.4 Å². The third kappa shape index (κ3) is 4.99. The van der Waals surface area contributed by atoms with Gasteiger partial charge in [-0.2, -0.15) is 20.6 Å². The molecule has 194 valence electrons. The highest BCUT2D eigenvalue weighted by molar-refractivity contribution is 6.18. The number of benzene rings is 1. The lowest BCUT2D eigenvalue weighted by molar-refractivity contribution is -0.118. The number of carbonyl (C=O) groups is 1. The van der Waals surface area contributed by atoms with E-state index in [9.17, 15) is 10.1 Å². The zero-order chi connectivity index (χ0) is 26.1. The van der Waals surface area contributed by atoms with Crippen molar-refractivity contribution in [3.05, 3.63) is 53.7 Å². The normalized spacial score (nSPS) is 23.2. The molecule has 2 aromatic heterocycles. The molecule has 8 nitrogen and oxygen atoms in total. The van der Waals surface area contributed by atoms with Gasteiger partial charge in [-0.05, 0) is 75.1 Å². The molecule has 2 fully saturated rings. The molecule has 2 aliphatic heterocycles. The van der Waals surface area contributed by atoms with Crippen LogP contribution in [-0.4, -0.2) is 46.1 Å². The van der Waals surface area contributed by atoms with E-state index in [1.165, 1.54) is 5.71 Å². The van der Waals surface area contributed by atoms with Gasteiger partial charge in [0.2, 0.25) is 0 Å². The van der Waals surface area contributed by atoms with Crippen LogP contribution in [0.4, 0.5) is 5.69 Å². The van der Waals surface area contributed by atoms with E-state index in [4.69, 9.17) is 4.74 Å². The molecule has 4 heterocycles. The number of fused-ring (bicyclic) bond motifs is 1. The Morgan fingerprint density at radius 1 is 1.13 bits per heavy atom. The van der Waals surface area contributed by atoms with Gasteiger partial charge >= 0.3 is 0 Å². The SMILES string of the molecule is CC(=O)CC1CCC(C2=NN=C(c3ccc(-c4ccc5cc(C#N)cnn45)cc3N[C@H]3CCOC3)C2)CC1. The topological polar surface area (TPSA) is 104 Å². The largest absolute Gasteiger partial charge is 0.379 e. The number of nitriles is 1. The number of ether oxygens (including phenoxy) is 1. The first-order valence-corrected chi connectivity index (χ1v) is 13.6. The number of aromatic nitrogens is 2. The number of anilines is 1. The molecule has 3 aliphatic rings. The lowest BCUT2D eigenvalue weighted by Crippen LogP contribution is -2.24. The highest BCUT2D eigenvalue weighted by Crippen LogP contribution is 2.35. The Labute approximate surface area is 222 Å². The molecule has 0 amide bonds. The molecule has 1 aliphatic carbocycles. The van der Waals surface area contributed by atoms with Gasteiger partial charge in [0.15, 0.2) is 0 Å². The van der Waals surface area contributed by atoms with Crippen LogP contribution in [-0.2, 0) is 9.53 Å². The van der Waals surface area contributed by atoms with Crippen molar-refractivity contribution in [2.75, 3.05) is 18.5 Å². The summed E-state index contributed by atoms with van der Waals surface area (Å²) in [6.45, 7) is 3.15. The van der Waals surface area contributed by atoms with Crippen molar-refractivity contribution in [3.8, 4) is 17.3 Å². The lowest BCUT2D eigenvalue weighted by atomic mass is 9.77. The van der Waals surface area contributed by atoms with Crippen LogP contribution in [0.2, 0.25) is 0 Å². The first-order valence-electron chi connectivity index (χ1n) is 13.6. The fourth-order valence-electron chi connectivity index (χ4n) is 6.07. The van der Waals surface area contributed by atoms with E-state index < -0.39 is 0 Å². The number of carbonyl (C=O) groups excluding carboxylic acids is 1. The lowest BCUT2D eigenvalue weighted by Gasteiger charge is -2.27. The van der Waals surface area contributed by atoms with Crippen molar-refractivity contribution in [2.45, 2.75) is 57.9 Å². The summed E-state index contributed by atoms with van der Waals surface area (Å²) in [6, 6.07) is 14.7. The number of hydrogen-bond acceptors (Lipinski definition) is 7. The Kier molecular flexibility index (Phi) is 6.77. The quantitative estimate of drug-likeness (QED) is 0.460. The molecule has 1 saturated heterocycles. The number of nitrogens with zero attached hydrogens (tertiary/aromatic N) is 5. The maximum absolute atomic E-state index is 11.5. The Morgan fingerprint density at radius 2 is 2.00 bits per heavy atom. The second kappa shape index (κ2) is 10.5. The minimum atomic E-state index is 0.253. The monoisotopic (exact) mass is 508 g/mol. The van der Waals surface area contributed by atoms with Crippen molar-refractivity contribution in [2.24, 2.45) is 22.0 Å². The number of ketones is 1. The van der Waals surface area contributed by atoms with E-state index in [1.807, 2.05) is 22.7 Å². The molecule has 38 heavy (non-hydrogen) atoms. The van der Waals surface area contributed by atoms with Gasteiger partial charge in [-0.1, -0.05) is 12.1 Å². The van der Waals surface area contributed by atoms with Crippen molar-refractivity contribution in [1.29, 1.82) is 5.26 Å². The van der Waals surface area contributed by atoms with Crippen LogP contribution in [0.5, 0.6) is 0 Å². The van der Waals surface area contributed by atoms with Gasteiger partial charge < -0.3 is 14.8 Å². The third-order valence-electron chi connectivity index (χ3n) is 8.09. The minimum Gasteiger partial charge on any atom is -0.379 e. The highest BCUT2D eigenvalue weighted by atomic mass is 16.5. The molecule has 1 saturated carbocycles. The number of nitrogens with one attached hydrogen (secondary N) is 1. The van der Waals surface area contributed by atoms with Crippen LogP contribution in [0.25, 0.3) is 16.8 Å². The van der Waals surface area contributed by atoms with E-state index in [0.717, 1.165) is 78.9 Å². The standard InChI is InChI=1S/C30H32N6O2/c1-19(37)12-20-2-4-22(5-3-20)27-15-29(35-34-27)26-8-6-23(14-28(26)33-24-10-11-38-18-24)30-9-7-25-13-21(16-31)17-32-36(25)30/h6-9,13-14,17,20,22,24,33H,2-5,10-12,15,18H2,1H3/t20?,22?,24-/m0/s1. The molecule has 1 aromatic carbocycles. The molecule has 0 radical (unpaired) electrons. The van der Waals surface area contributed by atoms with Gasteiger partial charge in [0.05, 0.1) is 41.3 Å². The van der Waals surface area contributed by atoms with E-state index in [-0.39, 0.29) is 6.04 Å². The first kappa shape index (κ1) is 24.5. The van der Waals surface area contributed by atoms with Gasteiger partial charge in [-0.3, -0.25) is 0 Å². The maximum atomic E-state index is 11.5. The smallest absolute Gasteiger partial charge is 0.130 e. The Morgan fingerprint density at radius 3 is 2.76 bits per heavy atom. The fourth-order valence-corrected chi connectivity index (χ4v) is 6.07. The Hall–Kier alpha value is -3.83. The van der Waals surface area contributed by atoms with Crippen LogP contribution >= 0.6 is 0 Å². The fraction of sp³-hybridized carbons (Fsp3) is 0.433. The molecular formula is C30H32N6O2. The predicted molar refractivity (Wildman–Crippen MR) is 148 cm³/mol. The molecule has 8 heteroatoms. The van der Waals surface area contributed by atoms with Crippen LogP contribution in [0.15, 0.2) is 52.8 Å². The predicted octanol–water partition coefficient (Wildman–Crippen LogP) is 5.41. The van der Waals surface area contributed by atoms with Gasteiger partial charge in [0.1, 0.15) is 11.9 Å². The summed E-state index contributed by atoms with van der Waals surface area (Å²) in [4.78, 5) is 11.5. The molecule has 1 atom stereocenters. The molecule has 1 N–H and O–H groups in total. The Bertz CT molecular complexity index is 1470. The van der Waals surface area contributed by atoms with E-state index >= 15 is 0 Å². The second-order valence-corrected chi connectivity index (χ2v) is 10.8. The number of hydrogen-bond donors (Lipinski definition) is 1. The van der Waals surface area contributed by atoms with Gasteiger partial charge in [-0.15, -0.1) is 0 Å². The van der Waals surface area contributed by atoms with E-state index in [0.29, 0.717) is 36.2 Å². The summed E-state index contributed by atoms with van der Waals surface area (Å²) in [5.74, 6) is 1.27. The zero-order valence-electron chi connectivity index (χ0n) is 21.7.